The van der Waals surface area contributed by atoms with Gasteiger partial charge in [0, 0.05) is 17.8 Å². The molecule has 0 unspecified atom stereocenters. The van der Waals surface area contributed by atoms with Crippen molar-refractivity contribution in [2.75, 3.05) is 0 Å². The number of H-pyrrole nitrogens is 2. The number of hydrogen-bond acceptors (Lipinski definition) is 4. The second-order valence-corrected chi connectivity index (χ2v) is 5.50. The molecule has 80 valence electrons. The topological polar surface area (TPSA) is 61.5 Å². The van der Waals surface area contributed by atoms with Crippen LogP contribution in [0.3, 0.4) is 0 Å². The average molecular weight is 314 g/mol. The van der Waals surface area contributed by atoms with E-state index in [1.54, 1.807) is 12.4 Å². The van der Waals surface area contributed by atoms with Crippen LogP contribution < -0.4 is 5.56 Å². The molecule has 0 fully saturated rings. The van der Waals surface area contributed by atoms with E-state index >= 15 is 0 Å². The quantitative estimate of drug-likeness (QED) is 0.627. The van der Waals surface area contributed by atoms with Crippen molar-refractivity contribution in [2.24, 2.45) is 0 Å². The van der Waals surface area contributed by atoms with Crippen LogP contribution in [0.1, 0.15) is 0 Å². The maximum atomic E-state index is 11.8. The third kappa shape index (κ3) is 1.35. The fraction of sp³-hybridized carbons (Fsp3) is 0. The number of halogens is 1. The van der Waals surface area contributed by atoms with Crippen LogP contribution >= 0.6 is 39.5 Å². The number of nitrogens with zero attached hydrogens (tertiary/aromatic N) is 1. The summed E-state index contributed by atoms with van der Waals surface area (Å²) in [6.45, 7) is 0. The lowest BCUT2D eigenvalue weighted by Crippen LogP contribution is -2.06. The van der Waals surface area contributed by atoms with Gasteiger partial charge in [0.1, 0.15) is 4.83 Å². The molecule has 0 spiro atoms. The molecule has 0 atom stereocenters. The predicted octanol–water partition coefficient (Wildman–Crippen LogP) is 2.96. The SMILES string of the molecule is O=c1[nH]c(=S)[nH]c2sc3c(Br)cncc3c12. The third-order valence-electron chi connectivity index (χ3n) is 2.23. The second-order valence-electron chi connectivity index (χ2n) is 3.21. The Bertz CT molecular complexity index is 817. The van der Waals surface area contributed by atoms with E-state index in [0.717, 1.165) is 19.4 Å². The van der Waals surface area contributed by atoms with Gasteiger partial charge in [-0.25, -0.2) is 0 Å². The molecular formula is C9H4BrN3OS2. The lowest BCUT2D eigenvalue weighted by molar-refractivity contribution is 1.15. The van der Waals surface area contributed by atoms with E-state index in [1.165, 1.54) is 11.3 Å². The van der Waals surface area contributed by atoms with Gasteiger partial charge in [-0.3, -0.25) is 14.8 Å². The summed E-state index contributed by atoms with van der Waals surface area (Å²) in [5, 5.41) is 1.45. The number of fused-ring (bicyclic) bond motifs is 3. The molecule has 4 nitrogen and oxygen atoms in total. The number of aromatic amines is 2. The van der Waals surface area contributed by atoms with Crippen molar-refractivity contribution in [2.45, 2.75) is 0 Å². The van der Waals surface area contributed by atoms with Gasteiger partial charge in [0.25, 0.3) is 5.56 Å². The summed E-state index contributed by atoms with van der Waals surface area (Å²) in [6.07, 6.45) is 3.39. The predicted molar refractivity (Wildman–Crippen MR) is 70.6 cm³/mol. The summed E-state index contributed by atoms with van der Waals surface area (Å²) < 4.78 is 2.21. The maximum absolute atomic E-state index is 11.8. The molecule has 0 saturated heterocycles. The van der Waals surface area contributed by atoms with E-state index in [9.17, 15) is 4.79 Å². The lowest BCUT2D eigenvalue weighted by Gasteiger charge is -1.91. The van der Waals surface area contributed by atoms with Crippen LogP contribution in [-0.4, -0.2) is 15.0 Å². The molecule has 3 aromatic heterocycles. The number of thiophene rings is 1. The molecule has 3 heterocycles. The molecule has 0 aliphatic heterocycles. The van der Waals surface area contributed by atoms with Crippen LogP contribution in [0.4, 0.5) is 0 Å². The highest BCUT2D eigenvalue weighted by Gasteiger charge is 2.11. The first-order chi connectivity index (χ1) is 7.66. The van der Waals surface area contributed by atoms with E-state index < -0.39 is 0 Å². The minimum absolute atomic E-state index is 0.176. The minimum atomic E-state index is -0.176. The van der Waals surface area contributed by atoms with E-state index in [-0.39, 0.29) is 5.56 Å². The van der Waals surface area contributed by atoms with Gasteiger partial charge < -0.3 is 4.98 Å². The Morgan fingerprint density at radius 2 is 2.19 bits per heavy atom. The Balaban J connectivity index is 2.72. The molecule has 0 aliphatic rings. The van der Waals surface area contributed by atoms with Gasteiger partial charge in [0.05, 0.1) is 14.6 Å². The van der Waals surface area contributed by atoms with Gasteiger partial charge in [0.2, 0.25) is 0 Å². The molecule has 2 N–H and O–H groups in total. The zero-order valence-electron chi connectivity index (χ0n) is 7.70. The van der Waals surface area contributed by atoms with Crippen molar-refractivity contribution in [3.63, 3.8) is 0 Å². The highest BCUT2D eigenvalue weighted by Crippen LogP contribution is 2.34. The largest absolute Gasteiger partial charge is 0.323 e. The van der Waals surface area contributed by atoms with Crippen LogP contribution in [0.5, 0.6) is 0 Å². The fourth-order valence-electron chi connectivity index (χ4n) is 1.59. The van der Waals surface area contributed by atoms with Crippen molar-refractivity contribution in [1.29, 1.82) is 0 Å². The summed E-state index contributed by atoms with van der Waals surface area (Å²) in [5.74, 6) is 0. The Morgan fingerprint density at radius 1 is 1.38 bits per heavy atom. The Hall–Kier alpha value is -1.05. The summed E-state index contributed by atoms with van der Waals surface area (Å²) in [6, 6.07) is 0. The highest BCUT2D eigenvalue weighted by atomic mass is 79.9. The van der Waals surface area contributed by atoms with Crippen LogP contribution in [0.2, 0.25) is 0 Å². The molecule has 0 bridgehead atoms. The van der Waals surface area contributed by atoms with Crippen molar-refractivity contribution in [1.82, 2.24) is 15.0 Å². The van der Waals surface area contributed by atoms with Gasteiger partial charge in [-0.2, -0.15) is 0 Å². The van der Waals surface area contributed by atoms with Crippen LogP contribution in [0.25, 0.3) is 20.3 Å². The number of hydrogen-bond donors (Lipinski definition) is 2. The smallest absolute Gasteiger partial charge is 0.261 e. The van der Waals surface area contributed by atoms with Gasteiger partial charge in [-0.1, -0.05) is 0 Å². The summed E-state index contributed by atoms with van der Waals surface area (Å²) >= 11 is 9.83. The minimum Gasteiger partial charge on any atom is -0.323 e. The first-order valence-electron chi connectivity index (χ1n) is 4.35. The molecule has 0 aliphatic carbocycles. The van der Waals surface area contributed by atoms with Crippen LogP contribution in [-0.2, 0) is 0 Å². The lowest BCUT2D eigenvalue weighted by atomic mass is 10.2. The van der Waals surface area contributed by atoms with Crippen LogP contribution in [0, 0.1) is 4.77 Å². The van der Waals surface area contributed by atoms with E-state index in [2.05, 4.69) is 30.9 Å². The molecule has 0 saturated carbocycles. The van der Waals surface area contributed by atoms with Crippen LogP contribution in [0.15, 0.2) is 21.7 Å². The second kappa shape index (κ2) is 3.47. The van der Waals surface area contributed by atoms with E-state index in [0.29, 0.717) is 10.2 Å². The molecule has 3 rings (SSSR count). The van der Waals surface area contributed by atoms with E-state index in [4.69, 9.17) is 12.2 Å². The average Bonchev–Trinajstić information content (AvgIpc) is 2.57. The highest BCUT2D eigenvalue weighted by molar-refractivity contribution is 9.10. The summed E-state index contributed by atoms with van der Waals surface area (Å²) in [4.78, 5) is 22.2. The maximum Gasteiger partial charge on any atom is 0.261 e. The van der Waals surface area contributed by atoms with Gasteiger partial charge in [-0.15, -0.1) is 11.3 Å². The molecule has 3 aromatic rings. The summed E-state index contributed by atoms with van der Waals surface area (Å²) in [5.41, 5.74) is -0.176. The number of pyridine rings is 1. The number of aromatic nitrogens is 3. The van der Waals surface area contributed by atoms with E-state index in [1.807, 2.05) is 0 Å². The molecule has 0 aromatic carbocycles. The molecule has 16 heavy (non-hydrogen) atoms. The zero-order valence-corrected chi connectivity index (χ0v) is 10.9. The first kappa shape index (κ1) is 10.1. The standard InChI is InChI=1S/C9H4BrN3OS2/c10-4-2-11-1-3-5-7(14)12-9(15)13-8(5)16-6(3)4/h1-2H,(H2,12,13,14,15). The Morgan fingerprint density at radius 3 is 3.00 bits per heavy atom. The van der Waals surface area contributed by atoms with Crippen molar-refractivity contribution in [3.05, 3.63) is 32.0 Å². The van der Waals surface area contributed by atoms with Gasteiger partial charge in [-0.05, 0) is 28.1 Å². The first-order valence-corrected chi connectivity index (χ1v) is 6.37. The Kier molecular flexibility index (Phi) is 2.20. The van der Waals surface area contributed by atoms with Gasteiger partial charge in [0.15, 0.2) is 4.77 Å². The van der Waals surface area contributed by atoms with Crippen molar-refractivity contribution >= 4 is 59.8 Å². The normalized spacial score (nSPS) is 11.3. The zero-order chi connectivity index (χ0) is 11.3. The molecule has 0 amide bonds. The third-order valence-corrected chi connectivity index (χ3v) is 4.46. The summed E-state index contributed by atoms with van der Waals surface area (Å²) in [7, 11) is 0. The van der Waals surface area contributed by atoms with Crippen molar-refractivity contribution in [3.8, 4) is 0 Å². The Labute approximate surface area is 106 Å². The number of nitrogens with one attached hydrogen (secondary N) is 2. The molecule has 0 radical (unpaired) electrons. The number of rotatable bonds is 0. The molecular weight excluding hydrogens is 310 g/mol. The monoisotopic (exact) mass is 313 g/mol. The van der Waals surface area contributed by atoms with Crippen molar-refractivity contribution < 1.29 is 0 Å². The molecule has 7 heteroatoms. The van der Waals surface area contributed by atoms with Gasteiger partial charge >= 0.3 is 0 Å². The fourth-order valence-corrected chi connectivity index (χ4v) is 3.50.